The van der Waals surface area contributed by atoms with Crippen LogP contribution in [0.1, 0.15) is 32.6 Å². The summed E-state index contributed by atoms with van der Waals surface area (Å²) < 4.78 is 0. The fraction of sp³-hybridized carbons (Fsp3) is 0.636. The maximum Gasteiger partial charge on any atom is 0.327 e. The van der Waals surface area contributed by atoms with Crippen LogP contribution in [0, 0.1) is 11.8 Å². The summed E-state index contributed by atoms with van der Waals surface area (Å²) >= 11 is 0. The molecular formula is C11H16O3. The van der Waals surface area contributed by atoms with Crippen molar-refractivity contribution in [2.24, 2.45) is 11.8 Å². The van der Waals surface area contributed by atoms with Gasteiger partial charge in [-0.25, -0.2) is 4.79 Å². The largest absolute Gasteiger partial charge is 0.478 e. The van der Waals surface area contributed by atoms with E-state index in [9.17, 15) is 9.59 Å². The monoisotopic (exact) mass is 196 g/mol. The molecule has 0 radical (unpaired) electrons. The molecule has 0 bridgehead atoms. The number of carbonyl (C=O) groups is 2. The van der Waals surface area contributed by atoms with Crippen molar-refractivity contribution in [1.82, 2.24) is 0 Å². The zero-order chi connectivity index (χ0) is 10.6. The van der Waals surface area contributed by atoms with Crippen LogP contribution in [0.15, 0.2) is 12.2 Å². The quantitative estimate of drug-likeness (QED) is 0.702. The summed E-state index contributed by atoms with van der Waals surface area (Å²) in [5, 5.41) is 8.44. The second-order valence-corrected chi connectivity index (χ2v) is 3.92. The molecule has 1 rings (SSSR count). The number of carboxylic acids is 1. The average Bonchev–Trinajstić information content (AvgIpc) is 2.15. The zero-order valence-electron chi connectivity index (χ0n) is 8.40. The van der Waals surface area contributed by atoms with Gasteiger partial charge in [0.25, 0.3) is 0 Å². The Morgan fingerprint density at radius 3 is 2.21 bits per heavy atom. The van der Waals surface area contributed by atoms with Crippen LogP contribution in [0.5, 0.6) is 0 Å². The molecule has 0 aromatic rings. The van der Waals surface area contributed by atoms with E-state index in [2.05, 4.69) is 0 Å². The van der Waals surface area contributed by atoms with Gasteiger partial charge in [-0.15, -0.1) is 0 Å². The molecule has 0 atom stereocenters. The molecule has 0 unspecified atom stereocenters. The third kappa shape index (κ3) is 3.32. The summed E-state index contributed by atoms with van der Waals surface area (Å²) in [5.41, 5.74) is 0. The normalized spacial score (nSPS) is 27.8. The van der Waals surface area contributed by atoms with Gasteiger partial charge in [-0.2, -0.15) is 0 Å². The number of rotatable bonds is 3. The second-order valence-electron chi connectivity index (χ2n) is 3.92. The van der Waals surface area contributed by atoms with Gasteiger partial charge < -0.3 is 5.11 Å². The smallest absolute Gasteiger partial charge is 0.327 e. The lowest BCUT2D eigenvalue weighted by molar-refractivity contribution is -0.131. The van der Waals surface area contributed by atoms with E-state index < -0.39 is 5.97 Å². The van der Waals surface area contributed by atoms with Crippen LogP contribution >= 0.6 is 0 Å². The summed E-state index contributed by atoms with van der Waals surface area (Å²) in [7, 11) is 0. The second kappa shape index (κ2) is 4.94. The third-order valence-corrected chi connectivity index (χ3v) is 2.86. The molecule has 78 valence electrons. The van der Waals surface area contributed by atoms with Crippen molar-refractivity contribution in [3.05, 3.63) is 12.2 Å². The lowest BCUT2D eigenvalue weighted by Gasteiger charge is -2.24. The highest BCUT2D eigenvalue weighted by Gasteiger charge is 2.22. The maximum absolute atomic E-state index is 11.1. The van der Waals surface area contributed by atoms with E-state index in [0.29, 0.717) is 5.92 Å². The Kier molecular flexibility index (Phi) is 3.86. The molecule has 0 saturated heterocycles. The highest BCUT2D eigenvalue weighted by Crippen LogP contribution is 2.29. The Balaban J connectivity index is 2.36. The molecule has 1 N–H and O–H groups in total. The first kappa shape index (κ1) is 11.0. The van der Waals surface area contributed by atoms with Crippen LogP contribution in [-0.4, -0.2) is 16.9 Å². The van der Waals surface area contributed by atoms with E-state index in [1.165, 1.54) is 6.08 Å². The van der Waals surface area contributed by atoms with Crippen LogP contribution in [0.25, 0.3) is 0 Å². The number of ketones is 1. The number of Topliss-reactive ketones (excluding diaryl/α,β-unsaturated/α-hetero) is 1. The molecule has 14 heavy (non-hydrogen) atoms. The first-order chi connectivity index (χ1) is 6.59. The lowest BCUT2D eigenvalue weighted by Crippen LogP contribution is -2.18. The molecule has 0 aromatic carbocycles. The highest BCUT2D eigenvalue weighted by molar-refractivity contribution is 5.80. The first-order valence-corrected chi connectivity index (χ1v) is 5.01. The molecule has 1 fully saturated rings. The molecule has 0 amide bonds. The highest BCUT2D eigenvalue weighted by atomic mass is 16.4. The Morgan fingerprint density at radius 1 is 1.21 bits per heavy atom. The van der Waals surface area contributed by atoms with Crippen molar-refractivity contribution in [3.8, 4) is 0 Å². The number of carboxylic acid groups (broad SMARTS) is 1. The Bertz CT molecular complexity index is 247. The number of aliphatic carboxylic acids is 1. The number of hydrogen-bond donors (Lipinski definition) is 1. The summed E-state index contributed by atoms with van der Waals surface area (Å²) in [4.78, 5) is 21.3. The first-order valence-electron chi connectivity index (χ1n) is 5.01. The molecule has 0 heterocycles. The van der Waals surface area contributed by atoms with Gasteiger partial charge in [0, 0.05) is 12.0 Å². The summed E-state index contributed by atoms with van der Waals surface area (Å²) in [6.07, 6.45) is 6.65. The van der Waals surface area contributed by atoms with Crippen LogP contribution in [0.4, 0.5) is 0 Å². The molecule has 1 aliphatic carbocycles. The molecule has 1 aliphatic rings. The molecule has 0 aliphatic heterocycles. The molecule has 0 spiro atoms. The maximum atomic E-state index is 11.1. The van der Waals surface area contributed by atoms with Gasteiger partial charge in [-0.05, 0) is 38.5 Å². The Hall–Kier alpha value is -1.12. The SMILES string of the molecule is CC(=O)C1CCC(/C=C/C(=O)O)CC1. The van der Waals surface area contributed by atoms with Gasteiger partial charge in [0.05, 0.1) is 0 Å². The summed E-state index contributed by atoms with van der Waals surface area (Å²) in [5.74, 6) is -0.0597. The van der Waals surface area contributed by atoms with E-state index in [1.54, 1.807) is 13.0 Å². The topological polar surface area (TPSA) is 54.4 Å². The van der Waals surface area contributed by atoms with Crippen molar-refractivity contribution in [2.75, 3.05) is 0 Å². The van der Waals surface area contributed by atoms with Gasteiger partial charge in [-0.1, -0.05) is 6.08 Å². The van der Waals surface area contributed by atoms with Gasteiger partial charge in [0.2, 0.25) is 0 Å². The Labute approximate surface area is 83.8 Å². The van der Waals surface area contributed by atoms with Crippen molar-refractivity contribution >= 4 is 11.8 Å². The molecular weight excluding hydrogens is 180 g/mol. The fourth-order valence-corrected chi connectivity index (χ4v) is 1.94. The molecule has 3 nitrogen and oxygen atoms in total. The molecule has 1 saturated carbocycles. The minimum Gasteiger partial charge on any atom is -0.478 e. The van der Waals surface area contributed by atoms with Crippen LogP contribution in [-0.2, 0) is 9.59 Å². The van der Waals surface area contributed by atoms with Gasteiger partial charge in [0.15, 0.2) is 0 Å². The third-order valence-electron chi connectivity index (χ3n) is 2.86. The van der Waals surface area contributed by atoms with Gasteiger partial charge >= 0.3 is 5.97 Å². The molecule has 3 heteroatoms. The van der Waals surface area contributed by atoms with Gasteiger partial charge in [-0.3, -0.25) is 4.79 Å². The van der Waals surface area contributed by atoms with E-state index in [4.69, 9.17) is 5.11 Å². The van der Waals surface area contributed by atoms with Crippen molar-refractivity contribution in [2.45, 2.75) is 32.6 Å². The predicted molar refractivity (Wildman–Crippen MR) is 52.9 cm³/mol. The van der Waals surface area contributed by atoms with E-state index in [-0.39, 0.29) is 11.7 Å². The van der Waals surface area contributed by atoms with E-state index in [0.717, 1.165) is 25.7 Å². The standard InChI is InChI=1S/C11H16O3/c1-8(12)10-5-2-9(3-6-10)4-7-11(13)14/h4,7,9-10H,2-3,5-6H2,1H3,(H,13,14)/b7-4+. The van der Waals surface area contributed by atoms with Gasteiger partial charge in [0.1, 0.15) is 5.78 Å². The van der Waals surface area contributed by atoms with Crippen LogP contribution in [0.2, 0.25) is 0 Å². The Morgan fingerprint density at radius 2 is 1.79 bits per heavy atom. The minimum absolute atomic E-state index is 0.212. The fourth-order valence-electron chi connectivity index (χ4n) is 1.94. The van der Waals surface area contributed by atoms with Crippen molar-refractivity contribution < 1.29 is 14.7 Å². The minimum atomic E-state index is -0.890. The van der Waals surface area contributed by atoms with Crippen molar-refractivity contribution in [3.63, 3.8) is 0 Å². The number of carbonyl (C=O) groups excluding carboxylic acids is 1. The summed E-state index contributed by atoms with van der Waals surface area (Å²) in [6, 6.07) is 0. The van der Waals surface area contributed by atoms with E-state index >= 15 is 0 Å². The van der Waals surface area contributed by atoms with E-state index in [1.807, 2.05) is 0 Å². The van der Waals surface area contributed by atoms with Crippen molar-refractivity contribution in [1.29, 1.82) is 0 Å². The van der Waals surface area contributed by atoms with Crippen LogP contribution < -0.4 is 0 Å². The predicted octanol–water partition coefficient (Wildman–Crippen LogP) is 2.02. The average molecular weight is 196 g/mol. The molecule has 0 aromatic heterocycles. The lowest BCUT2D eigenvalue weighted by atomic mass is 9.80. The number of hydrogen-bond acceptors (Lipinski definition) is 2. The number of allylic oxidation sites excluding steroid dienone is 1. The van der Waals surface area contributed by atoms with Crippen LogP contribution in [0.3, 0.4) is 0 Å². The summed E-state index contributed by atoms with van der Waals surface area (Å²) in [6.45, 7) is 1.64. The zero-order valence-corrected chi connectivity index (χ0v) is 8.40.